The molecule has 0 bridgehead atoms. The topological polar surface area (TPSA) is 76.4 Å². The Bertz CT molecular complexity index is 1140. The molecule has 1 aliphatic heterocycles. The number of amides is 2. The average molecular weight is 450 g/mol. The number of halogens is 4. The third-order valence-electron chi connectivity index (χ3n) is 4.75. The fraction of sp³-hybridized carbons (Fsp3) is 0.200. The number of thiocarbonyl (C=S) groups is 1. The van der Waals surface area contributed by atoms with Crippen molar-refractivity contribution in [1.82, 2.24) is 5.32 Å². The van der Waals surface area contributed by atoms with Crippen molar-refractivity contribution in [2.75, 3.05) is 16.8 Å². The first-order chi connectivity index (χ1) is 14.5. The van der Waals surface area contributed by atoms with Crippen LogP contribution < -0.4 is 15.1 Å². The van der Waals surface area contributed by atoms with Crippen molar-refractivity contribution in [1.29, 1.82) is 5.26 Å². The van der Waals surface area contributed by atoms with E-state index < -0.39 is 41.0 Å². The Kier molecular flexibility index (Phi) is 5.69. The van der Waals surface area contributed by atoms with Crippen molar-refractivity contribution < 1.29 is 27.2 Å². The predicted molar refractivity (Wildman–Crippen MR) is 108 cm³/mol. The summed E-state index contributed by atoms with van der Waals surface area (Å²) in [6.07, 6.45) is -4.81. The standard InChI is InChI=1S/C20H14F4N4O2S/c1-10-18(30)28(12-4-3-11(9-25)15(7-12)20(22,23)24)19(31)27(10)13-5-6-14(16(21)8-13)17(29)26-2/h3-8,10H,1-2H3,(H,26,29)/t10-/m0/s1. The minimum absolute atomic E-state index is 0.156. The number of hydrogen-bond donors (Lipinski definition) is 1. The molecule has 1 N–H and O–H groups in total. The summed E-state index contributed by atoms with van der Waals surface area (Å²) < 4.78 is 54.4. The molecule has 1 saturated heterocycles. The highest BCUT2D eigenvalue weighted by atomic mass is 32.1. The van der Waals surface area contributed by atoms with E-state index in [1.165, 1.54) is 43.1 Å². The second-order valence-electron chi connectivity index (χ2n) is 6.58. The number of benzene rings is 2. The van der Waals surface area contributed by atoms with Gasteiger partial charge in [0, 0.05) is 12.7 Å². The van der Waals surface area contributed by atoms with Gasteiger partial charge in [-0.1, -0.05) is 0 Å². The summed E-state index contributed by atoms with van der Waals surface area (Å²) in [5.41, 5.74) is -2.02. The molecule has 1 aliphatic rings. The molecular weight excluding hydrogens is 436 g/mol. The molecule has 0 aromatic heterocycles. The normalized spacial score (nSPS) is 16.5. The van der Waals surface area contributed by atoms with Crippen LogP contribution in [-0.4, -0.2) is 30.0 Å². The summed E-state index contributed by atoms with van der Waals surface area (Å²) in [5.74, 6) is -2.12. The fourth-order valence-electron chi connectivity index (χ4n) is 3.21. The first-order valence-electron chi connectivity index (χ1n) is 8.81. The predicted octanol–water partition coefficient (Wildman–Crippen LogP) is 3.60. The number of alkyl halides is 3. The molecule has 31 heavy (non-hydrogen) atoms. The molecule has 2 amide bonds. The van der Waals surface area contributed by atoms with Gasteiger partial charge in [-0.3, -0.25) is 14.5 Å². The fourth-order valence-corrected chi connectivity index (χ4v) is 3.67. The second-order valence-corrected chi connectivity index (χ2v) is 6.95. The average Bonchev–Trinajstić information content (AvgIpc) is 2.94. The minimum Gasteiger partial charge on any atom is -0.355 e. The van der Waals surface area contributed by atoms with E-state index in [2.05, 4.69) is 5.32 Å². The van der Waals surface area contributed by atoms with Gasteiger partial charge in [-0.25, -0.2) is 4.39 Å². The highest BCUT2D eigenvalue weighted by Crippen LogP contribution is 2.37. The molecule has 0 radical (unpaired) electrons. The van der Waals surface area contributed by atoms with Crippen LogP contribution in [0.5, 0.6) is 0 Å². The van der Waals surface area contributed by atoms with Crippen molar-refractivity contribution in [2.24, 2.45) is 0 Å². The van der Waals surface area contributed by atoms with E-state index in [-0.39, 0.29) is 22.1 Å². The molecule has 2 aromatic carbocycles. The van der Waals surface area contributed by atoms with Crippen molar-refractivity contribution in [3.05, 3.63) is 58.9 Å². The van der Waals surface area contributed by atoms with Crippen LogP contribution in [0.4, 0.5) is 28.9 Å². The molecule has 0 aliphatic carbocycles. The van der Waals surface area contributed by atoms with Crippen molar-refractivity contribution in [3.8, 4) is 6.07 Å². The first-order valence-corrected chi connectivity index (χ1v) is 9.22. The maximum atomic E-state index is 14.4. The number of carbonyl (C=O) groups excluding carboxylic acids is 2. The summed E-state index contributed by atoms with van der Waals surface area (Å²) in [4.78, 5) is 26.7. The SMILES string of the molecule is CNC(=O)c1ccc(N2C(=S)N(c3ccc(C#N)c(C(F)(F)F)c3)C(=O)[C@@H]2C)cc1F. The van der Waals surface area contributed by atoms with Crippen LogP contribution in [0, 0.1) is 17.1 Å². The molecule has 1 heterocycles. The summed E-state index contributed by atoms with van der Waals surface area (Å²) in [7, 11) is 1.34. The van der Waals surface area contributed by atoms with Gasteiger partial charge in [-0.05, 0) is 55.5 Å². The van der Waals surface area contributed by atoms with Gasteiger partial charge in [0.2, 0.25) is 0 Å². The molecule has 1 fully saturated rings. The zero-order valence-electron chi connectivity index (χ0n) is 16.1. The van der Waals surface area contributed by atoms with Gasteiger partial charge in [0.25, 0.3) is 11.8 Å². The molecule has 0 spiro atoms. The van der Waals surface area contributed by atoms with Gasteiger partial charge in [0.1, 0.15) is 11.9 Å². The van der Waals surface area contributed by atoms with Gasteiger partial charge in [0.15, 0.2) is 5.11 Å². The molecular formula is C20H14F4N4O2S. The number of nitrogens with zero attached hydrogens (tertiary/aromatic N) is 3. The summed E-state index contributed by atoms with van der Waals surface area (Å²) in [6.45, 7) is 1.47. The Morgan fingerprint density at radius 3 is 2.39 bits per heavy atom. The second kappa shape index (κ2) is 7.96. The van der Waals surface area contributed by atoms with E-state index in [4.69, 9.17) is 17.5 Å². The maximum Gasteiger partial charge on any atom is 0.417 e. The molecule has 0 saturated carbocycles. The summed E-state index contributed by atoms with van der Waals surface area (Å²) in [5, 5.41) is 11.1. The minimum atomic E-state index is -4.81. The van der Waals surface area contributed by atoms with E-state index in [9.17, 15) is 27.2 Å². The molecule has 6 nitrogen and oxygen atoms in total. The summed E-state index contributed by atoms with van der Waals surface area (Å²) in [6, 6.07) is 6.96. The van der Waals surface area contributed by atoms with Gasteiger partial charge >= 0.3 is 6.18 Å². The van der Waals surface area contributed by atoms with E-state index in [0.29, 0.717) is 6.07 Å². The molecule has 11 heteroatoms. The van der Waals surface area contributed by atoms with E-state index in [1.54, 1.807) is 0 Å². The lowest BCUT2D eigenvalue weighted by molar-refractivity contribution is -0.137. The van der Waals surface area contributed by atoms with Crippen molar-refractivity contribution >= 4 is 40.5 Å². The summed E-state index contributed by atoms with van der Waals surface area (Å²) >= 11 is 5.31. The Morgan fingerprint density at radius 2 is 1.84 bits per heavy atom. The lowest BCUT2D eigenvalue weighted by atomic mass is 10.1. The number of rotatable bonds is 3. The van der Waals surface area contributed by atoms with E-state index in [0.717, 1.165) is 17.0 Å². The highest BCUT2D eigenvalue weighted by molar-refractivity contribution is 7.81. The zero-order valence-corrected chi connectivity index (χ0v) is 16.9. The first kappa shape index (κ1) is 22.2. The maximum absolute atomic E-state index is 14.4. The number of hydrogen-bond acceptors (Lipinski definition) is 4. The van der Waals surface area contributed by atoms with Crippen LogP contribution in [0.1, 0.15) is 28.4 Å². The number of carbonyl (C=O) groups is 2. The van der Waals surface area contributed by atoms with Gasteiger partial charge in [-0.2, -0.15) is 18.4 Å². The monoisotopic (exact) mass is 450 g/mol. The van der Waals surface area contributed by atoms with Crippen LogP contribution in [0.2, 0.25) is 0 Å². The lowest BCUT2D eigenvalue weighted by Crippen LogP contribution is -2.34. The lowest BCUT2D eigenvalue weighted by Gasteiger charge is -2.23. The van der Waals surface area contributed by atoms with Crippen LogP contribution in [0.15, 0.2) is 36.4 Å². The number of anilines is 2. The van der Waals surface area contributed by atoms with Crippen LogP contribution in [0.25, 0.3) is 0 Å². The van der Waals surface area contributed by atoms with Crippen molar-refractivity contribution in [3.63, 3.8) is 0 Å². The molecule has 3 rings (SSSR count). The quantitative estimate of drug-likeness (QED) is 0.571. The van der Waals surface area contributed by atoms with Gasteiger partial charge in [0.05, 0.1) is 28.4 Å². The Hall–Kier alpha value is -3.52. The molecule has 1 atom stereocenters. The third-order valence-corrected chi connectivity index (χ3v) is 5.13. The van der Waals surface area contributed by atoms with Gasteiger partial charge in [-0.15, -0.1) is 0 Å². The smallest absolute Gasteiger partial charge is 0.355 e. The molecule has 2 aromatic rings. The zero-order chi connectivity index (χ0) is 23.1. The van der Waals surface area contributed by atoms with E-state index >= 15 is 0 Å². The largest absolute Gasteiger partial charge is 0.417 e. The van der Waals surface area contributed by atoms with Gasteiger partial charge < -0.3 is 10.2 Å². The van der Waals surface area contributed by atoms with Crippen LogP contribution >= 0.6 is 12.2 Å². The third kappa shape index (κ3) is 3.82. The Labute approximate surface area is 179 Å². The molecule has 0 unspecified atom stereocenters. The number of nitrogens with one attached hydrogen (secondary N) is 1. The Balaban J connectivity index is 2.03. The van der Waals surface area contributed by atoms with E-state index in [1.807, 2.05) is 0 Å². The highest BCUT2D eigenvalue weighted by Gasteiger charge is 2.43. The van der Waals surface area contributed by atoms with Crippen LogP contribution in [0.3, 0.4) is 0 Å². The van der Waals surface area contributed by atoms with Crippen molar-refractivity contribution in [2.45, 2.75) is 19.1 Å². The molecule has 160 valence electrons. The Morgan fingerprint density at radius 1 is 1.19 bits per heavy atom. The van der Waals surface area contributed by atoms with Crippen LogP contribution in [-0.2, 0) is 11.0 Å². The number of nitriles is 1.